The largest absolute Gasteiger partial charge is 0.493 e. The molecule has 0 bridgehead atoms. The maximum absolute atomic E-state index is 12.2. The monoisotopic (exact) mass is 357 g/mol. The summed E-state index contributed by atoms with van der Waals surface area (Å²) in [5.74, 6) is 2.10. The molecule has 0 spiro atoms. The molecular weight excluding hydrogens is 330 g/mol. The number of hydrogen-bond acceptors (Lipinski definition) is 4. The average molecular weight is 357 g/mol. The standard InChI is InChI=1S/C21H27NO4/c1-13(2)17-8-7-16(9-14(17)3)26-12-21(23)22-18-11-20(25-6)19(24-5)10-15(18)4/h7-11,13H,12H2,1-6H3,(H,22,23). The molecule has 5 nitrogen and oxygen atoms in total. The highest BCUT2D eigenvalue weighted by molar-refractivity contribution is 5.93. The van der Waals surface area contributed by atoms with Crippen LogP contribution in [0, 0.1) is 13.8 Å². The summed E-state index contributed by atoms with van der Waals surface area (Å²) in [5, 5.41) is 2.85. The lowest BCUT2D eigenvalue weighted by molar-refractivity contribution is -0.118. The fraction of sp³-hybridized carbons (Fsp3) is 0.381. The molecule has 0 saturated carbocycles. The Bertz CT molecular complexity index is 784. The summed E-state index contributed by atoms with van der Waals surface area (Å²) in [6.45, 7) is 8.19. The predicted octanol–water partition coefficient (Wildman–Crippen LogP) is 4.46. The highest BCUT2D eigenvalue weighted by atomic mass is 16.5. The van der Waals surface area contributed by atoms with E-state index in [4.69, 9.17) is 14.2 Å². The number of amides is 1. The number of carbonyl (C=O) groups excluding carboxylic acids is 1. The number of ether oxygens (including phenoxy) is 3. The Morgan fingerprint density at radius 2 is 1.65 bits per heavy atom. The van der Waals surface area contributed by atoms with Gasteiger partial charge in [0, 0.05) is 11.8 Å². The third-order valence-electron chi connectivity index (χ3n) is 4.24. The number of nitrogens with one attached hydrogen (secondary N) is 1. The molecule has 2 rings (SSSR count). The van der Waals surface area contributed by atoms with Crippen molar-refractivity contribution in [2.24, 2.45) is 0 Å². The second-order valence-electron chi connectivity index (χ2n) is 6.53. The summed E-state index contributed by atoms with van der Waals surface area (Å²) in [6.07, 6.45) is 0. The van der Waals surface area contributed by atoms with Crippen LogP contribution >= 0.6 is 0 Å². The zero-order chi connectivity index (χ0) is 19.3. The molecule has 0 unspecified atom stereocenters. The van der Waals surface area contributed by atoms with Gasteiger partial charge in [-0.25, -0.2) is 0 Å². The summed E-state index contributed by atoms with van der Waals surface area (Å²) < 4.78 is 16.2. The first-order chi connectivity index (χ1) is 12.3. The van der Waals surface area contributed by atoms with Crippen molar-refractivity contribution in [2.45, 2.75) is 33.6 Å². The zero-order valence-electron chi connectivity index (χ0n) is 16.3. The quantitative estimate of drug-likeness (QED) is 0.795. The number of hydrogen-bond donors (Lipinski definition) is 1. The van der Waals surface area contributed by atoms with Gasteiger partial charge in [0.25, 0.3) is 5.91 Å². The van der Waals surface area contributed by atoms with Crippen molar-refractivity contribution in [1.29, 1.82) is 0 Å². The molecule has 0 atom stereocenters. The number of benzene rings is 2. The third-order valence-corrected chi connectivity index (χ3v) is 4.24. The van der Waals surface area contributed by atoms with Crippen LogP contribution in [0.2, 0.25) is 0 Å². The molecule has 26 heavy (non-hydrogen) atoms. The van der Waals surface area contributed by atoms with Crippen molar-refractivity contribution in [3.63, 3.8) is 0 Å². The molecule has 0 aromatic heterocycles. The summed E-state index contributed by atoms with van der Waals surface area (Å²) in [5.41, 5.74) is 3.99. The van der Waals surface area contributed by atoms with Crippen LogP contribution in [0.4, 0.5) is 5.69 Å². The van der Waals surface area contributed by atoms with E-state index in [-0.39, 0.29) is 12.5 Å². The minimum absolute atomic E-state index is 0.0613. The smallest absolute Gasteiger partial charge is 0.262 e. The molecule has 0 fully saturated rings. The fourth-order valence-corrected chi connectivity index (χ4v) is 2.84. The molecule has 0 radical (unpaired) electrons. The Hall–Kier alpha value is -2.69. The van der Waals surface area contributed by atoms with Crippen LogP contribution in [-0.2, 0) is 4.79 Å². The van der Waals surface area contributed by atoms with E-state index in [1.807, 2.05) is 31.2 Å². The van der Waals surface area contributed by atoms with Crippen LogP contribution < -0.4 is 19.5 Å². The van der Waals surface area contributed by atoms with Crippen molar-refractivity contribution in [2.75, 3.05) is 26.1 Å². The molecule has 5 heteroatoms. The summed E-state index contributed by atoms with van der Waals surface area (Å²) in [6, 6.07) is 9.48. The van der Waals surface area contributed by atoms with E-state index in [9.17, 15) is 4.79 Å². The van der Waals surface area contributed by atoms with Crippen molar-refractivity contribution in [3.8, 4) is 17.2 Å². The van der Waals surface area contributed by atoms with Crippen LogP contribution in [0.25, 0.3) is 0 Å². The van der Waals surface area contributed by atoms with Gasteiger partial charge in [0.15, 0.2) is 18.1 Å². The molecule has 0 aliphatic heterocycles. The number of aryl methyl sites for hydroxylation is 2. The van der Waals surface area contributed by atoms with Crippen LogP contribution in [-0.4, -0.2) is 26.7 Å². The van der Waals surface area contributed by atoms with Gasteiger partial charge >= 0.3 is 0 Å². The molecule has 0 aliphatic rings. The van der Waals surface area contributed by atoms with Gasteiger partial charge in [-0.3, -0.25) is 4.79 Å². The van der Waals surface area contributed by atoms with Gasteiger partial charge in [0.2, 0.25) is 0 Å². The van der Waals surface area contributed by atoms with Crippen molar-refractivity contribution >= 4 is 11.6 Å². The summed E-state index contributed by atoms with van der Waals surface area (Å²) in [4.78, 5) is 12.2. The number of carbonyl (C=O) groups is 1. The normalized spacial score (nSPS) is 10.6. The maximum Gasteiger partial charge on any atom is 0.262 e. The van der Waals surface area contributed by atoms with Crippen LogP contribution in [0.1, 0.15) is 36.5 Å². The van der Waals surface area contributed by atoms with Gasteiger partial charge in [-0.1, -0.05) is 19.9 Å². The second-order valence-corrected chi connectivity index (χ2v) is 6.53. The molecule has 0 heterocycles. The van der Waals surface area contributed by atoms with Crippen LogP contribution in [0.15, 0.2) is 30.3 Å². The van der Waals surface area contributed by atoms with Gasteiger partial charge in [-0.05, 0) is 54.7 Å². The topological polar surface area (TPSA) is 56.8 Å². The molecule has 0 aliphatic carbocycles. The lowest BCUT2D eigenvalue weighted by Gasteiger charge is -2.15. The molecule has 1 amide bonds. The molecule has 0 saturated heterocycles. The van der Waals surface area contributed by atoms with Crippen molar-refractivity contribution in [3.05, 3.63) is 47.0 Å². The number of rotatable bonds is 7. The third kappa shape index (κ3) is 4.69. The first-order valence-corrected chi connectivity index (χ1v) is 8.61. The lowest BCUT2D eigenvalue weighted by atomic mass is 9.98. The average Bonchev–Trinajstić information content (AvgIpc) is 2.61. The minimum Gasteiger partial charge on any atom is -0.493 e. The van der Waals surface area contributed by atoms with Gasteiger partial charge in [-0.2, -0.15) is 0 Å². The van der Waals surface area contributed by atoms with E-state index in [0.29, 0.717) is 28.9 Å². The van der Waals surface area contributed by atoms with E-state index in [0.717, 1.165) is 11.1 Å². The molecule has 2 aromatic rings. The van der Waals surface area contributed by atoms with E-state index < -0.39 is 0 Å². The summed E-state index contributed by atoms with van der Waals surface area (Å²) >= 11 is 0. The Morgan fingerprint density at radius 1 is 1.00 bits per heavy atom. The SMILES string of the molecule is COc1cc(C)c(NC(=O)COc2ccc(C(C)C)c(C)c2)cc1OC. The van der Waals surface area contributed by atoms with Gasteiger partial charge in [-0.15, -0.1) is 0 Å². The molecule has 2 aromatic carbocycles. The summed E-state index contributed by atoms with van der Waals surface area (Å²) in [7, 11) is 3.14. The van der Waals surface area contributed by atoms with Gasteiger partial charge in [0.05, 0.1) is 14.2 Å². The zero-order valence-corrected chi connectivity index (χ0v) is 16.3. The number of anilines is 1. The Balaban J connectivity index is 2.02. The predicted molar refractivity (Wildman–Crippen MR) is 104 cm³/mol. The van der Waals surface area contributed by atoms with Crippen LogP contribution in [0.5, 0.6) is 17.2 Å². The minimum atomic E-state index is -0.231. The van der Waals surface area contributed by atoms with Crippen molar-refractivity contribution < 1.29 is 19.0 Å². The van der Waals surface area contributed by atoms with E-state index in [1.165, 1.54) is 5.56 Å². The molecule has 1 N–H and O–H groups in total. The highest BCUT2D eigenvalue weighted by Crippen LogP contribution is 2.32. The highest BCUT2D eigenvalue weighted by Gasteiger charge is 2.12. The van der Waals surface area contributed by atoms with E-state index in [1.54, 1.807) is 20.3 Å². The molecular formula is C21H27NO4. The molecule has 140 valence electrons. The van der Waals surface area contributed by atoms with Crippen molar-refractivity contribution in [1.82, 2.24) is 0 Å². The lowest BCUT2D eigenvalue weighted by Crippen LogP contribution is -2.20. The van der Waals surface area contributed by atoms with Crippen LogP contribution in [0.3, 0.4) is 0 Å². The first-order valence-electron chi connectivity index (χ1n) is 8.61. The fourth-order valence-electron chi connectivity index (χ4n) is 2.84. The van der Waals surface area contributed by atoms with Gasteiger partial charge < -0.3 is 19.5 Å². The van der Waals surface area contributed by atoms with E-state index >= 15 is 0 Å². The maximum atomic E-state index is 12.2. The Kier molecular flexibility index (Phi) is 6.50. The first kappa shape index (κ1) is 19.6. The second kappa shape index (κ2) is 8.61. The number of methoxy groups -OCH3 is 2. The van der Waals surface area contributed by atoms with Gasteiger partial charge in [0.1, 0.15) is 5.75 Å². The Labute approximate surface area is 155 Å². The van der Waals surface area contributed by atoms with E-state index in [2.05, 4.69) is 26.1 Å². The Morgan fingerprint density at radius 3 is 2.23 bits per heavy atom.